The van der Waals surface area contributed by atoms with E-state index in [0.29, 0.717) is 51.0 Å². The quantitative estimate of drug-likeness (QED) is 0.806. The normalized spacial score (nSPS) is 22.5. The Morgan fingerprint density at radius 1 is 1.10 bits per heavy atom. The second kappa shape index (κ2) is 8.60. The summed E-state index contributed by atoms with van der Waals surface area (Å²) in [5, 5.41) is 17.6. The maximum atomic E-state index is 13.0. The number of aromatic amines is 1. The summed E-state index contributed by atoms with van der Waals surface area (Å²) < 4.78 is 0. The van der Waals surface area contributed by atoms with E-state index in [-0.39, 0.29) is 23.7 Å². The molecule has 4 rings (SSSR count). The summed E-state index contributed by atoms with van der Waals surface area (Å²) >= 11 is 0. The molecule has 2 N–H and O–H groups in total. The predicted molar refractivity (Wildman–Crippen MR) is 113 cm³/mol. The molecule has 0 radical (unpaired) electrons. The van der Waals surface area contributed by atoms with Gasteiger partial charge in [0.1, 0.15) is 0 Å². The Balaban J connectivity index is 1.30. The number of carbonyl (C=O) groups is 2. The average Bonchev–Trinajstić information content (AvgIpc) is 3.33. The summed E-state index contributed by atoms with van der Waals surface area (Å²) in [5.74, 6) is 0.0783. The lowest BCUT2D eigenvalue weighted by atomic mass is 9.94. The molecule has 0 unspecified atom stereocenters. The van der Waals surface area contributed by atoms with Crippen LogP contribution in [-0.2, 0) is 11.2 Å². The molecule has 3 heterocycles. The van der Waals surface area contributed by atoms with Crippen LogP contribution in [0.15, 0.2) is 30.3 Å². The minimum atomic E-state index is -0.519. The number of aliphatic hydroxyl groups is 1. The first-order valence-corrected chi connectivity index (χ1v) is 10.7. The van der Waals surface area contributed by atoms with Gasteiger partial charge < -0.3 is 14.9 Å². The number of benzene rings is 1. The van der Waals surface area contributed by atoms with Gasteiger partial charge >= 0.3 is 0 Å². The second-order valence-corrected chi connectivity index (χ2v) is 8.75. The molecule has 1 aromatic carbocycles. The third-order valence-corrected chi connectivity index (χ3v) is 6.38. The van der Waals surface area contributed by atoms with Crippen molar-refractivity contribution in [3.05, 3.63) is 52.8 Å². The van der Waals surface area contributed by atoms with Crippen LogP contribution in [0.25, 0.3) is 0 Å². The van der Waals surface area contributed by atoms with E-state index in [2.05, 4.69) is 10.2 Å². The Labute approximate surface area is 177 Å². The summed E-state index contributed by atoms with van der Waals surface area (Å²) in [6.07, 6.45) is 1.49. The molecule has 2 atom stereocenters. The zero-order valence-electron chi connectivity index (χ0n) is 17.7. The van der Waals surface area contributed by atoms with Gasteiger partial charge in [0.05, 0.1) is 11.8 Å². The SMILES string of the molecule is Cc1ccc(C(=O)N2CCC(C(=O)N3C[C@@H](Cc4cc(C)[nH]n4)[C@@H](O)C3)CC2)cc1. The van der Waals surface area contributed by atoms with Crippen LogP contribution in [0.1, 0.15) is 40.2 Å². The molecular weight excluding hydrogens is 380 g/mol. The maximum absolute atomic E-state index is 13.0. The highest BCUT2D eigenvalue weighted by molar-refractivity contribution is 5.94. The van der Waals surface area contributed by atoms with Gasteiger partial charge in [-0.25, -0.2) is 0 Å². The Morgan fingerprint density at radius 3 is 2.43 bits per heavy atom. The highest BCUT2D eigenvalue weighted by Gasteiger charge is 2.38. The molecule has 160 valence electrons. The van der Waals surface area contributed by atoms with Crippen LogP contribution < -0.4 is 0 Å². The van der Waals surface area contributed by atoms with Crippen LogP contribution in [0.4, 0.5) is 0 Å². The van der Waals surface area contributed by atoms with E-state index in [9.17, 15) is 14.7 Å². The molecule has 2 amide bonds. The zero-order chi connectivity index (χ0) is 21.3. The first kappa shape index (κ1) is 20.6. The van der Waals surface area contributed by atoms with Crippen molar-refractivity contribution < 1.29 is 14.7 Å². The van der Waals surface area contributed by atoms with E-state index >= 15 is 0 Å². The van der Waals surface area contributed by atoms with Gasteiger partial charge in [-0.2, -0.15) is 5.10 Å². The van der Waals surface area contributed by atoms with Crippen molar-refractivity contribution in [3.63, 3.8) is 0 Å². The number of aryl methyl sites for hydroxylation is 2. The van der Waals surface area contributed by atoms with Crippen LogP contribution in [-0.4, -0.2) is 69.2 Å². The summed E-state index contributed by atoms with van der Waals surface area (Å²) in [6.45, 7) is 6.09. The number of hydrogen-bond acceptors (Lipinski definition) is 4. The van der Waals surface area contributed by atoms with Gasteiger partial charge in [0, 0.05) is 49.3 Å². The van der Waals surface area contributed by atoms with Crippen LogP contribution in [0.3, 0.4) is 0 Å². The van der Waals surface area contributed by atoms with E-state index in [1.807, 2.05) is 49.1 Å². The van der Waals surface area contributed by atoms with Crippen molar-refractivity contribution >= 4 is 11.8 Å². The van der Waals surface area contributed by atoms with Crippen LogP contribution in [0, 0.1) is 25.7 Å². The van der Waals surface area contributed by atoms with E-state index in [4.69, 9.17) is 0 Å². The topological polar surface area (TPSA) is 89.5 Å². The number of amides is 2. The summed E-state index contributed by atoms with van der Waals surface area (Å²) in [5.41, 5.74) is 3.75. The molecule has 2 aromatic rings. The van der Waals surface area contributed by atoms with Crippen molar-refractivity contribution in [2.24, 2.45) is 11.8 Å². The number of piperidine rings is 1. The van der Waals surface area contributed by atoms with Gasteiger partial charge in [0.15, 0.2) is 0 Å². The van der Waals surface area contributed by atoms with E-state index < -0.39 is 6.10 Å². The lowest BCUT2D eigenvalue weighted by molar-refractivity contribution is -0.136. The third kappa shape index (κ3) is 4.41. The fourth-order valence-corrected chi connectivity index (χ4v) is 4.55. The smallest absolute Gasteiger partial charge is 0.253 e. The van der Waals surface area contributed by atoms with Crippen molar-refractivity contribution in [2.45, 2.75) is 39.2 Å². The van der Waals surface area contributed by atoms with Crippen molar-refractivity contribution in [2.75, 3.05) is 26.2 Å². The van der Waals surface area contributed by atoms with E-state index in [1.54, 1.807) is 4.90 Å². The largest absolute Gasteiger partial charge is 0.391 e. The molecule has 1 aromatic heterocycles. The van der Waals surface area contributed by atoms with E-state index in [0.717, 1.165) is 17.0 Å². The van der Waals surface area contributed by atoms with Crippen LogP contribution in [0.5, 0.6) is 0 Å². The van der Waals surface area contributed by atoms with E-state index in [1.165, 1.54) is 0 Å². The molecule has 0 bridgehead atoms. The molecule has 0 spiro atoms. The molecular formula is C23H30N4O3. The lowest BCUT2D eigenvalue weighted by Gasteiger charge is -2.33. The molecule has 0 aliphatic carbocycles. The number of β-amino-alcohol motifs (C(OH)–C–C–N with tert-alkyl or cyclic N) is 1. The van der Waals surface area contributed by atoms with Gasteiger partial charge in [0.2, 0.25) is 5.91 Å². The number of H-pyrrole nitrogens is 1. The maximum Gasteiger partial charge on any atom is 0.253 e. The Kier molecular flexibility index (Phi) is 5.90. The minimum Gasteiger partial charge on any atom is -0.391 e. The monoisotopic (exact) mass is 410 g/mol. The fraction of sp³-hybridized carbons (Fsp3) is 0.522. The Hall–Kier alpha value is -2.67. The number of aromatic nitrogens is 2. The highest BCUT2D eigenvalue weighted by Crippen LogP contribution is 2.27. The number of rotatable bonds is 4. The number of carbonyl (C=O) groups excluding carboxylic acids is 2. The van der Waals surface area contributed by atoms with Gasteiger partial charge in [-0.05, 0) is 51.3 Å². The molecule has 2 fully saturated rings. The zero-order valence-corrected chi connectivity index (χ0v) is 17.7. The van der Waals surface area contributed by atoms with Gasteiger partial charge in [0.25, 0.3) is 5.91 Å². The second-order valence-electron chi connectivity index (χ2n) is 8.75. The van der Waals surface area contributed by atoms with Gasteiger partial charge in [-0.1, -0.05) is 17.7 Å². The third-order valence-electron chi connectivity index (χ3n) is 6.38. The highest BCUT2D eigenvalue weighted by atomic mass is 16.3. The molecule has 0 saturated carbocycles. The van der Waals surface area contributed by atoms with Gasteiger partial charge in [-0.15, -0.1) is 0 Å². The number of nitrogens with one attached hydrogen (secondary N) is 1. The Bertz CT molecular complexity index is 899. The molecule has 2 saturated heterocycles. The molecule has 7 nitrogen and oxygen atoms in total. The molecule has 2 aliphatic rings. The summed E-state index contributed by atoms with van der Waals surface area (Å²) in [7, 11) is 0. The first-order chi connectivity index (χ1) is 14.4. The van der Waals surface area contributed by atoms with Crippen molar-refractivity contribution in [1.29, 1.82) is 0 Å². The van der Waals surface area contributed by atoms with Crippen molar-refractivity contribution in [3.8, 4) is 0 Å². The minimum absolute atomic E-state index is 0.0138. The lowest BCUT2D eigenvalue weighted by Crippen LogP contribution is -2.44. The summed E-state index contributed by atoms with van der Waals surface area (Å²) in [6, 6.07) is 9.60. The number of likely N-dealkylation sites (tertiary alicyclic amines) is 2. The molecule has 2 aliphatic heterocycles. The van der Waals surface area contributed by atoms with Crippen LogP contribution in [0.2, 0.25) is 0 Å². The average molecular weight is 411 g/mol. The summed E-state index contributed by atoms with van der Waals surface area (Å²) in [4.78, 5) is 29.4. The standard InChI is InChI=1S/C23H30N4O3/c1-15-3-5-17(6-4-15)22(29)26-9-7-18(8-10-26)23(30)27-13-19(21(28)14-27)12-20-11-16(2)24-25-20/h3-6,11,18-19,21,28H,7-10,12-14H2,1-2H3,(H,24,25)/t19-,21+/m1/s1. The number of aliphatic hydroxyl groups excluding tert-OH is 1. The molecule has 7 heteroatoms. The predicted octanol–water partition coefficient (Wildman–Crippen LogP) is 1.94. The number of nitrogens with zero attached hydrogens (tertiary/aromatic N) is 3. The fourth-order valence-electron chi connectivity index (χ4n) is 4.55. The number of hydrogen-bond donors (Lipinski definition) is 2. The molecule has 30 heavy (non-hydrogen) atoms. The van der Waals surface area contributed by atoms with Crippen LogP contribution >= 0.6 is 0 Å². The first-order valence-electron chi connectivity index (χ1n) is 10.7. The van der Waals surface area contributed by atoms with Gasteiger partial charge in [-0.3, -0.25) is 14.7 Å². The Morgan fingerprint density at radius 2 is 1.80 bits per heavy atom. The van der Waals surface area contributed by atoms with Crippen molar-refractivity contribution in [1.82, 2.24) is 20.0 Å².